The Hall–Kier alpha value is -1.17. The number of methoxy groups -OCH3 is 1. The first kappa shape index (κ1) is 14.9. The zero-order chi connectivity index (χ0) is 13.5. The van der Waals surface area contributed by atoms with Crippen LogP contribution in [0.15, 0.2) is 18.2 Å². The van der Waals surface area contributed by atoms with Crippen LogP contribution in [-0.2, 0) is 6.42 Å². The highest BCUT2D eigenvalue weighted by Gasteiger charge is 2.14. The van der Waals surface area contributed by atoms with Crippen LogP contribution in [0, 0.1) is 5.82 Å². The number of hydrazine groups is 1. The number of benzene rings is 1. The molecule has 3 N–H and O–H groups in total. The van der Waals surface area contributed by atoms with Gasteiger partial charge in [-0.3, -0.25) is 11.3 Å². The Morgan fingerprint density at radius 2 is 2.17 bits per heavy atom. The van der Waals surface area contributed by atoms with Crippen molar-refractivity contribution >= 4 is 0 Å². The van der Waals surface area contributed by atoms with Crippen molar-refractivity contribution in [2.45, 2.75) is 18.9 Å². The van der Waals surface area contributed by atoms with Crippen LogP contribution in [0.25, 0.3) is 0 Å². The highest BCUT2D eigenvalue weighted by atomic mass is 19.1. The van der Waals surface area contributed by atoms with Crippen LogP contribution in [0.4, 0.5) is 4.39 Å². The fourth-order valence-corrected chi connectivity index (χ4v) is 1.80. The molecule has 0 aromatic heterocycles. The molecule has 0 amide bonds. The third-order valence-corrected chi connectivity index (χ3v) is 2.89. The van der Waals surface area contributed by atoms with E-state index in [2.05, 4.69) is 10.3 Å². The van der Waals surface area contributed by atoms with Gasteiger partial charge < -0.3 is 9.64 Å². The van der Waals surface area contributed by atoms with Gasteiger partial charge in [-0.2, -0.15) is 0 Å². The van der Waals surface area contributed by atoms with Gasteiger partial charge in [0.2, 0.25) is 0 Å². The lowest BCUT2D eigenvalue weighted by molar-refractivity contribution is 0.353. The van der Waals surface area contributed by atoms with E-state index in [1.807, 2.05) is 14.1 Å². The number of nitrogens with one attached hydrogen (secondary N) is 1. The molecule has 0 saturated heterocycles. The van der Waals surface area contributed by atoms with Crippen molar-refractivity contribution < 1.29 is 9.13 Å². The van der Waals surface area contributed by atoms with E-state index in [0.29, 0.717) is 12.0 Å². The van der Waals surface area contributed by atoms with Crippen LogP contribution in [0.3, 0.4) is 0 Å². The quantitative estimate of drug-likeness (QED) is 0.567. The molecule has 18 heavy (non-hydrogen) atoms. The largest absolute Gasteiger partial charge is 0.494 e. The van der Waals surface area contributed by atoms with Gasteiger partial charge in [0.05, 0.1) is 7.11 Å². The standard InChI is InChI=1S/C13H22FN3O/c1-17(2)8-7-11(16-15)9-10-5-4-6-12(18-3)13(10)14/h4-6,11,16H,7-9,15H2,1-3H3. The average Bonchev–Trinajstić information content (AvgIpc) is 2.36. The normalized spacial score (nSPS) is 12.8. The van der Waals surface area contributed by atoms with E-state index in [-0.39, 0.29) is 17.6 Å². The molecule has 5 heteroatoms. The van der Waals surface area contributed by atoms with Crippen LogP contribution in [0.5, 0.6) is 5.75 Å². The van der Waals surface area contributed by atoms with Gasteiger partial charge in [-0.1, -0.05) is 12.1 Å². The summed E-state index contributed by atoms with van der Waals surface area (Å²) in [6.45, 7) is 0.903. The lowest BCUT2D eigenvalue weighted by Crippen LogP contribution is -2.39. The molecule has 1 aromatic carbocycles. The SMILES string of the molecule is COc1cccc(CC(CCN(C)C)NN)c1F. The van der Waals surface area contributed by atoms with Gasteiger partial charge in [-0.05, 0) is 45.1 Å². The molecule has 0 radical (unpaired) electrons. The smallest absolute Gasteiger partial charge is 0.168 e. The van der Waals surface area contributed by atoms with Gasteiger partial charge in [0, 0.05) is 6.04 Å². The second kappa shape index (κ2) is 7.31. The second-order valence-electron chi connectivity index (χ2n) is 4.59. The molecular weight excluding hydrogens is 233 g/mol. The fourth-order valence-electron chi connectivity index (χ4n) is 1.80. The van der Waals surface area contributed by atoms with E-state index < -0.39 is 0 Å². The van der Waals surface area contributed by atoms with Crippen molar-refractivity contribution in [3.05, 3.63) is 29.6 Å². The molecule has 0 spiro atoms. The third kappa shape index (κ3) is 4.25. The number of nitrogens with zero attached hydrogens (tertiary/aromatic N) is 1. The lowest BCUT2D eigenvalue weighted by Gasteiger charge is -2.19. The van der Waals surface area contributed by atoms with Gasteiger partial charge >= 0.3 is 0 Å². The Bertz CT molecular complexity index is 371. The maximum atomic E-state index is 14.0. The van der Waals surface area contributed by atoms with Crippen molar-refractivity contribution in [2.75, 3.05) is 27.7 Å². The van der Waals surface area contributed by atoms with Crippen LogP contribution >= 0.6 is 0 Å². The summed E-state index contributed by atoms with van der Waals surface area (Å²) in [5, 5.41) is 0. The maximum Gasteiger partial charge on any atom is 0.168 e. The number of rotatable bonds is 7. The first-order chi connectivity index (χ1) is 8.58. The second-order valence-corrected chi connectivity index (χ2v) is 4.59. The Balaban J connectivity index is 2.69. The summed E-state index contributed by atoms with van der Waals surface area (Å²) in [4.78, 5) is 2.08. The molecule has 0 aliphatic rings. The predicted molar refractivity (Wildman–Crippen MR) is 70.9 cm³/mol. The number of hydrogen-bond donors (Lipinski definition) is 2. The summed E-state index contributed by atoms with van der Waals surface area (Å²) < 4.78 is 18.9. The number of halogens is 1. The van der Waals surface area contributed by atoms with E-state index in [0.717, 1.165) is 13.0 Å². The van der Waals surface area contributed by atoms with Crippen LogP contribution in [0.1, 0.15) is 12.0 Å². The van der Waals surface area contributed by atoms with Crippen molar-refractivity contribution in [3.8, 4) is 5.75 Å². The first-order valence-corrected chi connectivity index (χ1v) is 6.00. The van der Waals surface area contributed by atoms with Gasteiger partial charge in [-0.15, -0.1) is 0 Å². The van der Waals surface area contributed by atoms with Crippen molar-refractivity contribution in [1.82, 2.24) is 10.3 Å². The molecule has 0 fully saturated rings. The summed E-state index contributed by atoms with van der Waals surface area (Å²) in [5.74, 6) is 5.48. The highest BCUT2D eigenvalue weighted by Crippen LogP contribution is 2.21. The molecule has 102 valence electrons. The van der Waals surface area contributed by atoms with E-state index in [1.54, 1.807) is 18.2 Å². The number of ether oxygens (including phenoxy) is 1. The third-order valence-electron chi connectivity index (χ3n) is 2.89. The minimum Gasteiger partial charge on any atom is -0.494 e. The summed E-state index contributed by atoms with van der Waals surface area (Å²) in [6, 6.07) is 5.21. The first-order valence-electron chi connectivity index (χ1n) is 6.00. The Morgan fingerprint density at radius 3 is 2.72 bits per heavy atom. The van der Waals surface area contributed by atoms with E-state index in [1.165, 1.54) is 7.11 Å². The van der Waals surface area contributed by atoms with E-state index >= 15 is 0 Å². The minimum atomic E-state index is -0.301. The van der Waals surface area contributed by atoms with Crippen molar-refractivity contribution in [2.24, 2.45) is 5.84 Å². The molecule has 1 rings (SSSR count). The topological polar surface area (TPSA) is 50.5 Å². The maximum absolute atomic E-state index is 14.0. The van der Waals surface area contributed by atoms with Crippen LogP contribution < -0.4 is 16.0 Å². The predicted octanol–water partition coefficient (Wildman–Crippen LogP) is 1.16. The van der Waals surface area contributed by atoms with Gasteiger partial charge in [0.25, 0.3) is 0 Å². The molecule has 1 atom stereocenters. The Labute approximate surface area is 108 Å². The van der Waals surface area contributed by atoms with Crippen LogP contribution in [-0.4, -0.2) is 38.7 Å². The summed E-state index contributed by atoms with van der Waals surface area (Å²) in [6.07, 6.45) is 1.41. The molecule has 1 unspecified atom stereocenters. The number of nitrogens with two attached hydrogens (primary N) is 1. The van der Waals surface area contributed by atoms with Crippen molar-refractivity contribution in [3.63, 3.8) is 0 Å². The Morgan fingerprint density at radius 1 is 1.44 bits per heavy atom. The van der Waals surface area contributed by atoms with Gasteiger partial charge in [0.15, 0.2) is 11.6 Å². The molecule has 0 aliphatic carbocycles. The minimum absolute atomic E-state index is 0.0500. The van der Waals surface area contributed by atoms with Gasteiger partial charge in [0.1, 0.15) is 0 Å². The van der Waals surface area contributed by atoms with Crippen LogP contribution in [0.2, 0.25) is 0 Å². The van der Waals surface area contributed by atoms with Crippen molar-refractivity contribution in [1.29, 1.82) is 0 Å². The molecule has 0 saturated carbocycles. The summed E-state index contributed by atoms with van der Waals surface area (Å²) >= 11 is 0. The van der Waals surface area contributed by atoms with E-state index in [4.69, 9.17) is 10.6 Å². The fraction of sp³-hybridized carbons (Fsp3) is 0.538. The molecule has 0 heterocycles. The zero-order valence-corrected chi connectivity index (χ0v) is 11.2. The molecule has 1 aromatic rings. The number of hydrogen-bond acceptors (Lipinski definition) is 4. The zero-order valence-electron chi connectivity index (χ0n) is 11.2. The average molecular weight is 255 g/mol. The highest BCUT2D eigenvalue weighted by molar-refractivity contribution is 5.31. The summed E-state index contributed by atoms with van der Waals surface area (Å²) in [5.41, 5.74) is 3.36. The molecular formula is C13H22FN3O. The summed E-state index contributed by atoms with van der Waals surface area (Å²) in [7, 11) is 5.46. The molecule has 0 aliphatic heterocycles. The lowest BCUT2D eigenvalue weighted by atomic mass is 10.0. The monoisotopic (exact) mass is 255 g/mol. The molecule has 4 nitrogen and oxygen atoms in total. The Kier molecular flexibility index (Phi) is 6.04. The van der Waals surface area contributed by atoms with E-state index in [9.17, 15) is 4.39 Å². The molecule has 0 bridgehead atoms. The van der Waals surface area contributed by atoms with Gasteiger partial charge in [-0.25, -0.2) is 4.39 Å².